The third kappa shape index (κ3) is 6.21. The van der Waals surface area contributed by atoms with Crippen molar-refractivity contribution in [3.8, 4) is 0 Å². The highest BCUT2D eigenvalue weighted by molar-refractivity contribution is 7.89. The van der Waals surface area contributed by atoms with Gasteiger partial charge in [0, 0.05) is 18.8 Å². The van der Waals surface area contributed by atoms with Crippen molar-refractivity contribution in [3.05, 3.63) is 58.6 Å². The number of carbonyl (C=O) groups excluding carboxylic acids is 2. The first kappa shape index (κ1) is 25.6. The van der Waals surface area contributed by atoms with Crippen LogP contribution in [0.25, 0.3) is 0 Å². The minimum absolute atomic E-state index is 0.100. The molecule has 0 spiro atoms. The van der Waals surface area contributed by atoms with Crippen molar-refractivity contribution >= 4 is 39.2 Å². The van der Waals surface area contributed by atoms with Gasteiger partial charge in [-0.3, -0.25) is 4.79 Å². The molecule has 0 heterocycles. The maximum Gasteiger partial charge on any atom is 0.417 e. The van der Waals surface area contributed by atoms with Crippen LogP contribution in [-0.4, -0.2) is 44.3 Å². The number of ether oxygens (including phenoxy) is 1. The summed E-state index contributed by atoms with van der Waals surface area (Å²) in [5.74, 6) is -1.86. The predicted molar refractivity (Wildman–Crippen MR) is 112 cm³/mol. The highest BCUT2D eigenvalue weighted by Crippen LogP contribution is 2.36. The van der Waals surface area contributed by atoms with E-state index in [4.69, 9.17) is 16.3 Å². The molecule has 0 saturated carbocycles. The number of hydrogen-bond acceptors (Lipinski definition) is 5. The van der Waals surface area contributed by atoms with Gasteiger partial charge in [0.15, 0.2) is 6.61 Å². The van der Waals surface area contributed by atoms with Crippen molar-refractivity contribution in [3.63, 3.8) is 0 Å². The zero-order chi connectivity index (χ0) is 24.1. The molecule has 174 valence electrons. The normalized spacial score (nSPS) is 12.0. The first-order chi connectivity index (χ1) is 14.9. The predicted octanol–water partition coefficient (Wildman–Crippen LogP) is 4.18. The summed E-state index contributed by atoms with van der Waals surface area (Å²) in [6.45, 7) is 3.05. The summed E-state index contributed by atoms with van der Waals surface area (Å²) < 4.78 is 70.0. The van der Waals surface area contributed by atoms with E-state index >= 15 is 0 Å². The first-order valence-electron chi connectivity index (χ1n) is 9.34. The zero-order valence-corrected chi connectivity index (χ0v) is 18.6. The molecule has 0 aliphatic carbocycles. The Morgan fingerprint density at radius 3 is 2.34 bits per heavy atom. The fraction of sp³-hybridized carbons (Fsp3) is 0.300. The van der Waals surface area contributed by atoms with Crippen molar-refractivity contribution in [2.75, 3.05) is 25.0 Å². The largest absolute Gasteiger partial charge is 0.452 e. The van der Waals surface area contributed by atoms with Gasteiger partial charge in [-0.2, -0.15) is 17.5 Å². The van der Waals surface area contributed by atoms with Gasteiger partial charge in [-0.05, 0) is 36.4 Å². The Hall–Kier alpha value is -2.63. The number of anilines is 1. The first-order valence-corrected chi connectivity index (χ1v) is 11.2. The number of hydrogen-bond donors (Lipinski definition) is 1. The highest BCUT2D eigenvalue weighted by Gasteiger charge is 2.33. The number of amides is 1. The van der Waals surface area contributed by atoms with E-state index in [0.717, 1.165) is 12.1 Å². The minimum Gasteiger partial charge on any atom is -0.452 e. The van der Waals surface area contributed by atoms with Gasteiger partial charge in [-0.1, -0.05) is 31.5 Å². The summed E-state index contributed by atoms with van der Waals surface area (Å²) >= 11 is 5.52. The Bertz CT molecular complexity index is 1100. The lowest BCUT2D eigenvalue weighted by atomic mass is 10.2. The quantitative estimate of drug-likeness (QED) is 0.558. The molecule has 1 N–H and O–H groups in total. The molecule has 32 heavy (non-hydrogen) atoms. The molecule has 2 aromatic carbocycles. The Labute approximate surface area is 188 Å². The topological polar surface area (TPSA) is 92.8 Å². The minimum atomic E-state index is -4.71. The van der Waals surface area contributed by atoms with E-state index in [9.17, 15) is 31.2 Å². The molecule has 0 saturated heterocycles. The van der Waals surface area contributed by atoms with Crippen molar-refractivity contribution in [2.45, 2.75) is 24.9 Å². The number of halogens is 4. The van der Waals surface area contributed by atoms with Crippen LogP contribution in [0.5, 0.6) is 0 Å². The summed E-state index contributed by atoms with van der Waals surface area (Å²) in [6.07, 6.45) is -4.71. The van der Waals surface area contributed by atoms with Crippen LogP contribution in [0.15, 0.2) is 47.4 Å². The van der Waals surface area contributed by atoms with Crippen LogP contribution in [0.3, 0.4) is 0 Å². The number of nitrogens with zero attached hydrogens (tertiary/aromatic N) is 1. The van der Waals surface area contributed by atoms with Crippen LogP contribution in [0, 0.1) is 0 Å². The van der Waals surface area contributed by atoms with Gasteiger partial charge in [-0.15, -0.1) is 0 Å². The second kappa shape index (κ2) is 10.3. The fourth-order valence-corrected chi connectivity index (χ4v) is 4.46. The molecular formula is C20H20ClF3N2O5S. The van der Waals surface area contributed by atoms with Crippen molar-refractivity contribution in [1.29, 1.82) is 0 Å². The third-order valence-corrected chi connectivity index (χ3v) is 6.68. The average Bonchev–Trinajstić information content (AvgIpc) is 2.73. The molecule has 0 aliphatic heterocycles. The Kier molecular flexibility index (Phi) is 8.27. The smallest absolute Gasteiger partial charge is 0.417 e. The molecule has 0 fully saturated rings. The molecule has 2 rings (SSSR count). The van der Waals surface area contributed by atoms with Gasteiger partial charge in [0.05, 0.1) is 21.0 Å². The van der Waals surface area contributed by atoms with Crippen LogP contribution in [0.4, 0.5) is 18.9 Å². The molecule has 0 aliphatic rings. The molecule has 0 radical (unpaired) electrons. The number of carbonyl (C=O) groups is 2. The second-order valence-corrected chi connectivity index (χ2v) is 8.78. The Morgan fingerprint density at radius 2 is 1.75 bits per heavy atom. The maximum atomic E-state index is 12.9. The van der Waals surface area contributed by atoms with Crippen LogP contribution in [-0.2, 0) is 25.7 Å². The van der Waals surface area contributed by atoms with Gasteiger partial charge >= 0.3 is 12.1 Å². The van der Waals surface area contributed by atoms with E-state index in [1.807, 2.05) is 0 Å². The SMILES string of the molecule is CCN(CC)S(=O)(=O)c1cccc(C(=O)OCC(=O)Nc2ccc(Cl)c(C(F)(F)F)c2)c1. The van der Waals surface area contributed by atoms with E-state index in [0.29, 0.717) is 6.07 Å². The average molecular weight is 493 g/mol. The molecular weight excluding hydrogens is 473 g/mol. The highest BCUT2D eigenvalue weighted by atomic mass is 35.5. The van der Waals surface area contributed by atoms with Crippen molar-refractivity contribution in [2.24, 2.45) is 0 Å². The van der Waals surface area contributed by atoms with Crippen LogP contribution < -0.4 is 5.32 Å². The lowest BCUT2D eigenvalue weighted by Gasteiger charge is -2.18. The van der Waals surface area contributed by atoms with Crippen molar-refractivity contribution in [1.82, 2.24) is 4.31 Å². The van der Waals surface area contributed by atoms with Gasteiger partial charge in [0.1, 0.15) is 0 Å². The van der Waals surface area contributed by atoms with E-state index in [1.54, 1.807) is 13.8 Å². The Balaban J connectivity index is 2.07. The van der Waals surface area contributed by atoms with Gasteiger partial charge in [0.25, 0.3) is 5.91 Å². The van der Waals surface area contributed by atoms with E-state index in [1.165, 1.54) is 28.6 Å². The Morgan fingerprint density at radius 1 is 1.09 bits per heavy atom. The lowest BCUT2D eigenvalue weighted by molar-refractivity contribution is -0.137. The van der Waals surface area contributed by atoms with Gasteiger partial charge in [-0.25, -0.2) is 13.2 Å². The molecule has 0 aromatic heterocycles. The molecule has 0 atom stereocenters. The molecule has 7 nitrogen and oxygen atoms in total. The standard InChI is InChI=1S/C20H20ClF3N2O5S/c1-3-26(4-2)32(29,30)15-7-5-6-13(10-15)19(28)31-12-18(27)25-14-8-9-17(21)16(11-14)20(22,23)24/h5-11H,3-4,12H2,1-2H3,(H,25,27). The van der Waals surface area contributed by atoms with Gasteiger partial charge < -0.3 is 10.1 Å². The number of rotatable bonds is 8. The molecule has 12 heteroatoms. The second-order valence-electron chi connectivity index (χ2n) is 6.43. The van der Waals surface area contributed by atoms with Crippen molar-refractivity contribution < 1.29 is 35.9 Å². The van der Waals surface area contributed by atoms with Crippen LogP contribution in [0.2, 0.25) is 5.02 Å². The third-order valence-electron chi connectivity index (χ3n) is 4.30. The lowest BCUT2D eigenvalue weighted by Crippen LogP contribution is -2.30. The number of benzene rings is 2. The number of nitrogens with one attached hydrogen (secondary N) is 1. The fourth-order valence-electron chi connectivity index (χ4n) is 2.73. The van der Waals surface area contributed by atoms with Crippen LogP contribution >= 0.6 is 11.6 Å². The molecule has 0 unspecified atom stereocenters. The zero-order valence-electron chi connectivity index (χ0n) is 17.1. The number of esters is 1. The number of alkyl halides is 3. The molecule has 1 amide bonds. The summed E-state index contributed by atoms with van der Waals surface area (Å²) in [4.78, 5) is 24.1. The summed E-state index contributed by atoms with van der Waals surface area (Å²) in [6, 6.07) is 7.94. The molecule has 2 aromatic rings. The summed E-state index contributed by atoms with van der Waals surface area (Å²) in [7, 11) is -3.81. The summed E-state index contributed by atoms with van der Waals surface area (Å²) in [5, 5.41) is 1.65. The molecule has 0 bridgehead atoms. The summed E-state index contributed by atoms with van der Waals surface area (Å²) in [5.41, 5.74) is -1.41. The van der Waals surface area contributed by atoms with E-state index in [2.05, 4.69) is 5.32 Å². The maximum absolute atomic E-state index is 12.9. The van der Waals surface area contributed by atoms with E-state index in [-0.39, 0.29) is 29.2 Å². The van der Waals surface area contributed by atoms with Crippen LogP contribution in [0.1, 0.15) is 29.8 Å². The van der Waals surface area contributed by atoms with Gasteiger partial charge in [0.2, 0.25) is 10.0 Å². The number of sulfonamides is 1. The van der Waals surface area contributed by atoms with E-state index < -0.39 is 45.3 Å². The monoisotopic (exact) mass is 492 g/mol.